The molecule has 0 atom stereocenters. The van der Waals surface area contributed by atoms with Gasteiger partial charge in [-0.15, -0.1) is 0 Å². The van der Waals surface area contributed by atoms with Crippen LogP contribution in [0, 0.1) is 0 Å². The summed E-state index contributed by atoms with van der Waals surface area (Å²) in [6.07, 6.45) is 0.883. The van der Waals surface area contributed by atoms with Crippen LogP contribution in [-0.2, 0) is 33.5 Å². The van der Waals surface area contributed by atoms with Gasteiger partial charge in [-0.2, -0.15) is 0 Å². The summed E-state index contributed by atoms with van der Waals surface area (Å²) in [4.78, 5) is 0. The zero-order valence-corrected chi connectivity index (χ0v) is 34.9. The van der Waals surface area contributed by atoms with Gasteiger partial charge in [0.25, 0.3) is 0 Å². The van der Waals surface area contributed by atoms with Crippen molar-refractivity contribution in [1.82, 2.24) is 4.57 Å². The van der Waals surface area contributed by atoms with Crippen LogP contribution in [0.1, 0.15) is 143 Å². The first-order valence-electron chi connectivity index (χ1n) is 19.4. The molecule has 0 unspecified atom stereocenters. The number of fused-ring (bicyclic) bond motifs is 3. The summed E-state index contributed by atoms with van der Waals surface area (Å²) in [6, 6.07) is 37.5. The maximum absolute atomic E-state index is 2.58. The van der Waals surface area contributed by atoms with E-state index < -0.39 is 0 Å². The standard InChI is InChI=1S/C51H63N/c1-47(2,3)36-27-35(28-37(29-36)48(4,5)6)41-24-25-43-45(46(41)51(13,14)15)44-34(26-33-20-17-16-18-21-33)22-19-23-42(44)52(43)40-31-38(49(7,8)9)30-39(32-40)50(10,11)12/h16-25,27-32H,26H2,1-15H3. The third-order valence-electron chi connectivity index (χ3n) is 10.9. The molecule has 1 aromatic heterocycles. The van der Waals surface area contributed by atoms with Crippen molar-refractivity contribution < 1.29 is 0 Å². The van der Waals surface area contributed by atoms with Gasteiger partial charge in [-0.25, -0.2) is 0 Å². The lowest BCUT2D eigenvalue weighted by molar-refractivity contribution is 0.567. The van der Waals surface area contributed by atoms with Crippen LogP contribution >= 0.6 is 0 Å². The van der Waals surface area contributed by atoms with Crippen molar-refractivity contribution in [3.05, 3.63) is 136 Å². The predicted molar refractivity (Wildman–Crippen MR) is 229 cm³/mol. The molecule has 0 fully saturated rings. The molecular weight excluding hydrogens is 627 g/mol. The predicted octanol–water partition coefficient (Wildman–Crippen LogP) is 14.5. The van der Waals surface area contributed by atoms with E-state index in [0.29, 0.717) is 0 Å². The summed E-state index contributed by atoms with van der Waals surface area (Å²) < 4.78 is 2.58. The topological polar surface area (TPSA) is 4.93 Å². The van der Waals surface area contributed by atoms with E-state index in [9.17, 15) is 0 Å². The fourth-order valence-electron chi connectivity index (χ4n) is 7.74. The molecule has 0 N–H and O–H groups in total. The first-order valence-corrected chi connectivity index (χ1v) is 19.4. The highest BCUT2D eigenvalue weighted by molar-refractivity contribution is 6.14. The van der Waals surface area contributed by atoms with Crippen LogP contribution in [0.2, 0.25) is 0 Å². The molecule has 0 amide bonds. The van der Waals surface area contributed by atoms with Crippen LogP contribution in [-0.4, -0.2) is 4.57 Å². The summed E-state index contributed by atoms with van der Waals surface area (Å²) in [5.74, 6) is 0. The molecule has 1 heteroatoms. The Morgan fingerprint density at radius 1 is 0.423 bits per heavy atom. The number of rotatable bonds is 4. The molecule has 0 saturated heterocycles. The Bertz CT molecular complexity index is 2190. The zero-order valence-electron chi connectivity index (χ0n) is 34.9. The molecule has 6 rings (SSSR count). The molecule has 0 spiro atoms. The van der Waals surface area contributed by atoms with E-state index in [1.54, 1.807) is 0 Å². The number of hydrogen-bond acceptors (Lipinski definition) is 0. The average Bonchev–Trinajstić information content (AvgIpc) is 3.37. The van der Waals surface area contributed by atoms with Crippen molar-refractivity contribution >= 4 is 21.8 Å². The molecule has 272 valence electrons. The Balaban J connectivity index is 1.81. The highest BCUT2D eigenvalue weighted by Crippen LogP contribution is 2.47. The van der Waals surface area contributed by atoms with E-state index >= 15 is 0 Å². The smallest absolute Gasteiger partial charge is 0.0544 e. The van der Waals surface area contributed by atoms with E-state index in [1.807, 2.05) is 0 Å². The maximum Gasteiger partial charge on any atom is 0.0544 e. The second kappa shape index (κ2) is 12.8. The van der Waals surface area contributed by atoms with Crippen LogP contribution in [0.4, 0.5) is 0 Å². The summed E-state index contributed by atoms with van der Waals surface area (Å²) >= 11 is 0. The van der Waals surface area contributed by atoms with Gasteiger partial charge < -0.3 is 4.57 Å². The van der Waals surface area contributed by atoms with Gasteiger partial charge in [0.2, 0.25) is 0 Å². The number of aromatic nitrogens is 1. The molecule has 0 aliphatic rings. The van der Waals surface area contributed by atoms with Crippen LogP contribution in [0.3, 0.4) is 0 Å². The van der Waals surface area contributed by atoms with Crippen molar-refractivity contribution in [1.29, 1.82) is 0 Å². The normalized spacial score (nSPS) is 13.4. The molecule has 0 radical (unpaired) electrons. The fourth-order valence-corrected chi connectivity index (χ4v) is 7.74. The Hall–Kier alpha value is -4.10. The van der Waals surface area contributed by atoms with Gasteiger partial charge in [-0.3, -0.25) is 0 Å². The molecule has 0 aliphatic heterocycles. The van der Waals surface area contributed by atoms with Gasteiger partial charge in [0.05, 0.1) is 11.0 Å². The SMILES string of the molecule is CC(C)(C)c1cc(-c2ccc3c(c2C(C)(C)C)c2c(Cc4ccccc4)cccc2n3-c2cc(C(C)(C)C)cc(C(C)(C)C)c2)cc(C(C)(C)C)c1. The molecule has 1 nitrogen and oxygen atoms in total. The summed E-state index contributed by atoms with van der Waals surface area (Å²) in [5.41, 5.74) is 16.0. The Morgan fingerprint density at radius 3 is 1.38 bits per heavy atom. The fraction of sp³-hybridized carbons (Fsp3) is 0.412. The highest BCUT2D eigenvalue weighted by Gasteiger charge is 2.30. The minimum atomic E-state index is -0.128. The lowest BCUT2D eigenvalue weighted by Crippen LogP contribution is -2.18. The van der Waals surface area contributed by atoms with Crippen LogP contribution in [0.25, 0.3) is 38.6 Å². The lowest BCUT2D eigenvalue weighted by atomic mass is 9.75. The van der Waals surface area contributed by atoms with Gasteiger partial charge in [0, 0.05) is 16.5 Å². The molecule has 0 aliphatic carbocycles. The van der Waals surface area contributed by atoms with Gasteiger partial charge in [0.15, 0.2) is 0 Å². The van der Waals surface area contributed by atoms with Crippen molar-refractivity contribution in [2.45, 2.75) is 137 Å². The minimum Gasteiger partial charge on any atom is -0.309 e. The molecule has 5 aromatic carbocycles. The van der Waals surface area contributed by atoms with E-state index in [-0.39, 0.29) is 27.1 Å². The highest BCUT2D eigenvalue weighted by atomic mass is 15.0. The van der Waals surface area contributed by atoms with Crippen molar-refractivity contribution in [3.63, 3.8) is 0 Å². The first-order chi connectivity index (χ1) is 23.9. The molecule has 1 heterocycles. The Kier molecular flexibility index (Phi) is 9.26. The quantitative estimate of drug-likeness (QED) is 0.174. The Morgan fingerprint density at radius 2 is 0.904 bits per heavy atom. The van der Waals surface area contributed by atoms with Gasteiger partial charge in [-0.1, -0.05) is 177 Å². The first kappa shape index (κ1) is 37.7. The number of nitrogens with zero attached hydrogens (tertiary/aromatic N) is 1. The van der Waals surface area contributed by atoms with Gasteiger partial charge in [0.1, 0.15) is 0 Å². The lowest BCUT2D eigenvalue weighted by Gasteiger charge is -2.29. The van der Waals surface area contributed by atoms with E-state index in [4.69, 9.17) is 0 Å². The molecule has 6 aromatic rings. The van der Waals surface area contributed by atoms with Gasteiger partial charge in [-0.05, 0) is 108 Å². The summed E-state index contributed by atoms with van der Waals surface area (Å²) in [5, 5.41) is 2.75. The van der Waals surface area contributed by atoms with E-state index in [1.165, 1.54) is 77.6 Å². The van der Waals surface area contributed by atoms with Gasteiger partial charge >= 0.3 is 0 Å². The number of benzene rings is 5. The van der Waals surface area contributed by atoms with Crippen LogP contribution in [0.15, 0.2) is 97.1 Å². The maximum atomic E-state index is 2.58. The van der Waals surface area contributed by atoms with Crippen molar-refractivity contribution in [2.24, 2.45) is 0 Å². The minimum absolute atomic E-state index is 0.0137. The Labute approximate surface area is 315 Å². The monoisotopic (exact) mass is 689 g/mol. The summed E-state index contributed by atoms with van der Waals surface area (Å²) in [6.45, 7) is 35.3. The molecular formula is C51H63N. The third-order valence-corrected chi connectivity index (χ3v) is 10.9. The third kappa shape index (κ3) is 7.26. The van der Waals surface area contributed by atoms with E-state index in [2.05, 4.69) is 205 Å². The zero-order chi connectivity index (χ0) is 38.2. The van der Waals surface area contributed by atoms with Crippen molar-refractivity contribution in [3.8, 4) is 16.8 Å². The average molecular weight is 690 g/mol. The summed E-state index contributed by atoms with van der Waals surface area (Å²) in [7, 11) is 0. The molecule has 0 saturated carbocycles. The largest absolute Gasteiger partial charge is 0.309 e. The van der Waals surface area contributed by atoms with Crippen molar-refractivity contribution in [2.75, 3.05) is 0 Å². The van der Waals surface area contributed by atoms with Crippen LogP contribution in [0.5, 0.6) is 0 Å². The second-order valence-electron chi connectivity index (χ2n) is 20.5. The molecule has 52 heavy (non-hydrogen) atoms. The van der Waals surface area contributed by atoms with E-state index in [0.717, 1.165) is 6.42 Å². The number of hydrogen-bond donors (Lipinski definition) is 0. The van der Waals surface area contributed by atoms with Crippen LogP contribution < -0.4 is 0 Å². The molecule has 0 bridgehead atoms. The second-order valence-corrected chi connectivity index (χ2v) is 20.5.